The van der Waals surface area contributed by atoms with Gasteiger partial charge in [0.2, 0.25) is 0 Å². The highest BCUT2D eigenvalue weighted by Gasteiger charge is 2.49. The van der Waals surface area contributed by atoms with Gasteiger partial charge in [0, 0.05) is 4.83 Å². The molecule has 1 aliphatic carbocycles. The third kappa shape index (κ3) is 2.20. The zero-order chi connectivity index (χ0) is 11.1. The highest BCUT2D eigenvalue weighted by molar-refractivity contribution is 9.09. The Kier molecular flexibility index (Phi) is 2.80. The first-order valence-corrected chi connectivity index (χ1v) is 6.24. The molecule has 0 amide bonds. The van der Waals surface area contributed by atoms with Crippen LogP contribution >= 0.6 is 15.9 Å². The average Bonchev–Trinajstić information content (AvgIpc) is 2.87. The molecule has 1 aliphatic rings. The highest BCUT2D eigenvalue weighted by atomic mass is 79.9. The van der Waals surface area contributed by atoms with E-state index in [-0.39, 0.29) is 0 Å². The van der Waals surface area contributed by atoms with Gasteiger partial charge in [-0.1, -0.05) is 41.9 Å². The number of ether oxygens (including phenoxy) is 1. The Balaban J connectivity index is 2.10. The number of methoxy groups -OCH3 is 1. The second-order valence-corrected chi connectivity index (χ2v) is 5.96. The van der Waals surface area contributed by atoms with E-state index in [0.29, 0.717) is 10.2 Å². The minimum Gasteiger partial charge on any atom is -0.497 e. The maximum Gasteiger partial charge on any atom is 0.118 e. The number of alkyl halides is 1. The first kappa shape index (κ1) is 11.0. The van der Waals surface area contributed by atoms with Gasteiger partial charge >= 0.3 is 0 Å². The summed E-state index contributed by atoms with van der Waals surface area (Å²) in [7, 11) is 1.70. The summed E-state index contributed by atoms with van der Waals surface area (Å²) in [6.45, 7) is 4.66. The molecule has 0 saturated heterocycles. The quantitative estimate of drug-likeness (QED) is 0.748. The lowest BCUT2D eigenvalue weighted by Crippen LogP contribution is -1.98. The monoisotopic (exact) mass is 268 g/mol. The fourth-order valence-corrected chi connectivity index (χ4v) is 3.24. The summed E-state index contributed by atoms with van der Waals surface area (Å²) in [5.41, 5.74) is 1.86. The van der Waals surface area contributed by atoms with Crippen molar-refractivity contribution >= 4 is 15.9 Å². The first-order chi connectivity index (χ1) is 7.04. The van der Waals surface area contributed by atoms with Crippen LogP contribution in [0.2, 0.25) is 0 Å². The Bertz CT molecular complexity index is 342. The van der Waals surface area contributed by atoms with Gasteiger partial charge < -0.3 is 4.74 Å². The van der Waals surface area contributed by atoms with Crippen LogP contribution in [0.25, 0.3) is 0 Å². The molecule has 82 valence electrons. The molecule has 0 aliphatic heterocycles. The van der Waals surface area contributed by atoms with Gasteiger partial charge in [0.1, 0.15) is 5.75 Å². The molecule has 1 saturated carbocycles. The molecule has 0 radical (unpaired) electrons. The Morgan fingerprint density at radius 2 is 1.87 bits per heavy atom. The van der Waals surface area contributed by atoms with Crippen molar-refractivity contribution in [2.45, 2.75) is 25.1 Å². The summed E-state index contributed by atoms with van der Waals surface area (Å²) in [4.78, 5) is 0.485. The van der Waals surface area contributed by atoms with Gasteiger partial charge in [-0.3, -0.25) is 0 Å². The van der Waals surface area contributed by atoms with Crippen molar-refractivity contribution < 1.29 is 4.74 Å². The fourth-order valence-electron chi connectivity index (χ4n) is 2.03. The third-order valence-electron chi connectivity index (χ3n) is 3.38. The lowest BCUT2D eigenvalue weighted by atomic mass is 10.0. The normalized spacial score (nSPS) is 24.7. The van der Waals surface area contributed by atoms with Crippen LogP contribution in [-0.2, 0) is 0 Å². The summed E-state index contributed by atoms with van der Waals surface area (Å²) in [6.07, 6.45) is 1.31. The van der Waals surface area contributed by atoms with Crippen LogP contribution in [0, 0.1) is 11.3 Å². The predicted octanol–water partition coefficient (Wildman–Crippen LogP) is 4.18. The fraction of sp³-hybridized carbons (Fsp3) is 0.538. The molecule has 1 aromatic rings. The van der Waals surface area contributed by atoms with Gasteiger partial charge in [-0.05, 0) is 35.4 Å². The zero-order valence-electron chi connectivity index (χ0n) is 9.46. The van der Waals surface area contributed by atoms with E-state index in [1.54, 1.807) is 7.11 Å². The molecular weight excluding hydrogens is 252 g/mol. The summed E-state index contributed by atoms with van der Waals surface area (Å²) >= 11 is 3.79. The van der Waals surface area contributed by atoms with E-state index in [1.165, 1.54) is 12.0 Å². The second kappa shape index (κ2) is 3.82. The van der Waals surface area contributed by atoms with Crippen molar-refractivity contribution in [3.63, 3.8) is 0 Å². The Morgan fingerprint density at radius 1 is 1.33 bits per heavy atom. The van der Waals surface area contributed by atoms with Crippen molar-refractivity contribution in [3.05, 3.63) is 29.8 Å². The Morgan fingerprint density at radius 3 is 2.27 bits per heavy atom. The standard InChI is InChI=1S/C13H17BrO/c1-13(2)8-11(13)12(14)9-4-6-10(15-3)7-5-9/h4-7,11-12H,8H2,1-3H3. The Hall–Kier alpha value is -0.500. The molecule has 0 spiro atoms. The largest absolute Gasteiger partial charge is 0.497 e. The highest BCUT2D eigenvalue weighted by Crippen LogP contribution is 2.60. The maximum atomic E-state index is 5.15. The van der Waals surface area contributed by atoms with Crippen LogP contribution in [0.1, 0.15) is 30.7 Å². The molecule has 0 heterocycles. The van der Waals surface area contributed by atoms with Crippen molar-refractivity contribution in [2.75, 3.05) is 7.11 Å². The van der Waals surface area contributed by atoms with E-state index in [2.05, 4.69) is 41.9 Å². The summed E-state index contributed by atoms with van der Waals surface area (Å²) in [5, 5.41) is 0. The first-order valence-electron chi connectivity index (χ1n) is 5.32. The minimum atomic E-state index is 0.485. The number of halogens is 1. The van der Waals surface area contributed by atoms with Crippen LogP contribution in [0.4, 0.5) is 0 Å². The summed E-state index contributed by atoms with van der Waals surface area (Å²) in [5.74, 6) is 1.69. The maximum absolute atomic E-state index is 5.15. The molecule has 1 aromatic carbocycles. The van der Waals surface area contributed by atoms with Crippen molar-refractivity contribution in [3.8, 4) is 5.75 Å². The molecule has 0 N–H and O–H groups in total. The van der Waals surface area contributed by atoms with Crippen LogP contribution in [0.5, 0.6) is 5.75 Å². The summed E-state index contributed by atoms with van der Waals surface area (Å²) < 4.78 is 5.15. The van der Waals surface area contributed by atoms with E-state index in [9.17, 15) is 0 Å². The van der Waals surface area contributed by atoms with Crippen molar-refractivity contribution in [1.82, 2.24) is 0 Å². The van der Waals surface area contributed by atoms with Crippen molar-refractivity contribution in [2.24, 2.45) is 11.3 Å². The molecule has 0 aromatic heterocycles. The van der Waals surface area contributed by atoms with Gasteiger partial charge in [0.05, 0.1) is 7.11 Å². The van der Waals surface area contributed by atoms with Crippen LogP contribution < -0.4 is 4.74 Å². The molecule has 15 heavy (non-hydrogen) atoms. The smallest absolute Gasteiger partial charge is 0.118 e. The number of rotatable bonds is 3. The molecule has 2 rings (SSSR count). The molecule has 1 nitrogen and oxygen atoms in total. The minimum absolute atomic E-state index is 0.485. The van der Waals surface area contributed by atoms with E-state index in [1.807, 2.05) is 12.1 Å². The van der Waals surface area contributed by atoms with Gasteiger partial charge in [0.25, 0.3) is 0 Å². The molecular formula is C13H17BrO. The average molecular weight is 269 g/mol. The topological polar surface area (TPSA) is 9.23 Å². The van der Waals surface area contributed by atoms with Crippen molar-refractivity contribution in [1.29, 1.82) is 0 Å². The number of benzene rings is 1. The second-order valence-electron chi connectivity index (χ2n) is 4.97. The van der Waals surface area contributed by atoms with Gasteiger partial charge in [0.15, 0.2) is 0 Å². The SMILES string of the molecule is COc1ccc(C(Br)C2CC2(C)C)cc1. The van der Waals surface area contributed by atoms with E-state index >= 15 is 0 Å². The molecule has 2 unspecified atom stereocenters. The van der Waals surface area contributed by atoms with Gasteiger partial charge in [-0.15, -0.1) is 0 Å². The van der Waals surface area contributed by atoms with E-state index in [4.69, 9.17) is 4.74 Å². The lowest BCUT2D eigenvalue weighted by Gasteiger charge is -2.12. The van der Waals surface area contributed by atoms with Crippen LogP contribution in [0.15, 0.2) is 24.3 Å². The predicted molar refractivity (Wildman–Crippen MR) is 66.6 cm³/mol. The lowest BCUT2D eigenvalue weighted by molar-refractivity contribution is 0.414. The van der Waals surface area contributed by atoms with Gasteiger partial charge in [-0.2, -0.15) is 0 Å². The molecule has 2 atom stereocenters. The third-order valence-corrected chi connectivity index (χ3v) is 4.54. The zero-order valence-corrected chi connectivity index (χ0v) is 11.0. The van der Waals surface area contributed by atoms with Crippen LogP contribution in [0.3, 0.4) is 0 Å². The van der Waals surface area contributed by atoms with E-state index < -0.39 is 0 Å². The molecule has 2 heteroatoms. The van der Waals surface area contributed by atoms with Gasteiger partial charge in [-0.25, -0.2) is 0 Å². The number of hydrogen-bond donors (Lipinski definition) is 0. The Labute approximate surface area is 100.0 Å². The summed E-state index contributed by atoms with van der Waals surface area (Å²) in [6, 6.07) is 8.34. The van der Waals surface area contributed by atoms with E-state index in [0.717, 1.165) is 11.7 Å². The number of hydrogen-bond acceptors (Lipinski definition) is 1. The molecule has 0 bridgehead atoms. The van der Waals surface area contributed by atoms with Crippen LogP contribution in [-0.4, -0.2) is 7.11 Å². The molecule has 1 fully saturated rings.